The highest BCUT2D eigenvalue weighted by atomic mass is 14.8. The van der Waals surface area contributed by atoms with Crippen LogP contribution in [0.1, 0.15) is 42.0 Å². The van der Waals surface area contributed by atoms with Crippen LogP contribution in [-0.4, -0.2) is 11.0 Å². The molecule has 0 aliphatic heterocycles. The highest BCUT2D eigenvalue weighted by Gasteiger charge is 2.52. The van der Waals surface area contributed by atoms with E-state index in [9.17, 15) is 0 Å². The zero-order valence-corrected chi connectivity index (χ0v) is 11.6. The Morgan fingerprint density at radius 2 is 1.90 bits per heavy atom. The number of nitrogens with zero attached hydrogens (tertiary/aromatic N) is 1. The van der Waals surface area contributed by atoms with E-state index >= 15 is 0 Å². The average molecular weight is 264 g/mol. The molecule has 1 fully saturated rings. The minimum Gasteiger partial charge on any atom is -0.326 e. The van der Waals surface area contributed by atoms with Crippen LogP contribution >= 0.6 is 0 Å². The normalized spacial score (nSPS) is 24.1. The maximum Gasteiger partial charge on any atom is 0.0482 e. The van der Waals surface area contributed by atoms with E-state index in [1.54, 1.807) is 0 Å². The summed E-state index contributed by atoms with van der Waals surface area (Å²) < 4.78 is 0. The Kier molecular flexibility index (Phi) is 2.67. The summed E-state index contributed by atoms with van der Waals surface area (Å²) in [5.74, 6) is 0.425. The van der Waals surface area contributed by atoms with Crippen LogP contribution in [0, 0.1) is 0 Å². The summed E-state index contributed by atoms with van der Waals surface area (Å²) in [6.07, 6.45) is 6.63. The predicted octanol–water partition coefficient (Wildman–Crippen LogP) is 3.17. The van der Waals surface area contributed by atoms with Gasteiger partial charge in [0.15, 0.2) is 0 Å². The van der Waals surface area contributed by atoms with Gasteiger partial charge in [-0.25, -0.2) is 0 Å². The first-order valence-corrected chi connectivity index (χ1v) is 7.56. The highest BCUT2D eigenvalue weighted by molar-refractivity contribution is 5.38. The first-order valence-electron chi connectivity index (χ1n) is 7.56. The van der Waals surface area contributed by atoms with Crippen LogP contribution < -0.4 is 5.73 Å². The smallest absolute Gasteiger partial charge is 0.0482 e. The van der Waals surface area contributed by atoms with Crippen LogP contribution in [0.25, 0.3) is 0 Å². The minimum atomic E-state index is 0.195. The van der Waals surface area contributed by atoms with Gasteiger partial charge >= 0.3 is 0 Å². The van der Waals surface area contributed by atoms with Crippen LogP contribution in [0.15, 0.2) is 48.7 Å². The Morgan fingerprint density at radius 1 is 1.10 bits per heavy atom. The van der Waals surface area contributed by atoms with Crippen molar-refractivity contribution in [2.45, 2.75) is 43.1 Å². The Hall–Kier alpha value is -1.67. The van der Waals surface area contributed by atoms with Crippen molar-refractivity contribution in [2.75, 3.05) is 0 Å². The molecule has 2 unspecified atom stereocenters. The Balaban J connectivity index is 1.68. The second-order valence-electron chi connectivity index (χ2n) is 6.24. The summed E-state index contributed by atoms with van der Waals surface area (Å²) in [5, 5.41) is 0. The zero-order valence-electron chi connectivity index (χ0n) is 11.6. The van der Waals surface area contributed by atoms with Gasteiger partial charge in [-0.1, -0.05) is 36.4 Å². The molecular weight excluding hydrogens is 244 g/mol. The number of benzene rings is 1. The second kappa shape index (κ2) is 4.42. The molecule has 1 heterocycles. The molecule has 2 aliphatic carbocycles. The molecule has 0 amide bonds. The predicted molar refractivity (Wildman–Crippen MR) is 80.6 cm³/mol. The number of rotatable bonds is 3. The molecule has 1 aromatic carbocycles. The number of hydrogen-bond acceptors (Lipinski definition) is 2. The maximum absolute atomic E-state index is 6.73. The summed E-state index contributed by atoms with van der Waals surface area (Å²) in [7, 11) is 0. The van der Waals surface area contributed by atoms with Gasteiger partial charge in [0.1, 0.15) is 0 Å². The summed E-state index contributed by atoms with van der Waals surface area (Å²) in [6.45, 7) is 0. The van der Waals surface area contributed by atoms with Gasteiger partial charge in [0, 0.05) is 29.3 Å². The molecule has 4 rings (SSSR count). The highest BCUT2D eigenvalue weighted by Crippen LogP contribution is 2.54. The van der Waals surface area contributed by atoms with Crippen LogP contribution in [-0.2, 0) is 11.8 Å². The van der Waals surface area contributed by atoms with Gasteiger partial charge < -0.3 is 5.73 Å². The SMILES string of the molecule is NC(C1CCc2cccnc21)C1(c2ccccc2)CC1. The maximum atomic E-state index is 6.73. The number of fused-ring (bicyclic) bond motifs is 1. The average Bonchev–Trinajstić information content (AvgIpc) is 3.21. The van der Waals surface area contributed by atoms with Crippen molar-refractivity contribution in [2.24, 2.45) is 5.73 Å². The van der Waals surface area contributed by atoms with Crippen molar-refractivity contribution in [3.8, 4) is 0 Å². The largest absolute Gasteiger partial charge is 0.326 e. The number of pyridine rings is 1. The van der Waals surface area contributed by atoms with Gasteiger partial charge in [-0.05, 0) is 42.9 Å². The third kappa shape index (κ3) is 1.71. The molecule has 2 aromatic rings. The molecule has 2 N–H and O–H groups in total. The molecule has 2 aliphatic rings. The van der Waals surface area contributed by atoms with E-state index in [0.29, 0.717) is 5.92 Å². The van der Waals surface area contributed by atoms with Gasteiger partial charge in [0.25, 0.3) is 0 Å². The van der Waals surface area contributed by atoms with Crippen molar-refractivity contribution in [1.82, 2.24) is 4.98 Å². The lowest BCUT2D eigenvalue weighted by Gasteiger charge is -2.29. The lowest BCUT2D eigenvalue weighted by atomic mass is 9.80. The van der Waals surface area contributed by atoms with Crippen molar-refractivity contribution < 1.29 is 0 Å². The summed E-state index contributed by atoms with van der Waals surface area (Å²) in [4.78, 5) is 4.62. The standard InChI is InChI=1S/C18H20N2/c19-17(15-9-8-13-5-4-12-20-16(13)15)18(10-11-18)14-6-2-1-3-7-14/h1-7,12,15,17H,8-11,19H2. The number of aromatic nitrogens is 1. The molecule has 1 saturated carbocycles. The molecule has 2 heteroatoms. The molecule has 0 saturated heterocycles. The van der Waals surface area contributed by atoms with Gasteiger partial charge in [-0.2, -0.15) is 0 Å². The fourth-order valence-corrected chi connectivity index (χ4v) is 3.90. The Labute approximate surface area is 120 Å². The Bertz CT molecular complexity index is 616. The number of nitrogens with two attached hydrogens (primary N) is 1. The third-order valence-electron chi connectivity index (χ3n) is 5.21. The van der Waals surface area contributed by atoms with Crippen molar-refractivity contribution >= 4 is 0 Å². The van der Waals surface area contributed by atoms with Crippen LogP contribution in [0.5, 0.6) is 0 Å². The van der Waals surface area contributed by atoms with Gasteiger partial charge in [0.05, 0.1) is 0 Å². The molecular formula is C18H20N2. The van der Waals surface area contributed by atoms with Crippen LogP contribution in [0.3, 0.4) is 0 Å². The van der Waals surface area contributed by atoms with Crippen LogP contribution in [0.2, 0.25) is 0 Å². The molecule has 0 bridgehead atoms. The molecule has 1 aromatic heterocycles. The lowest BCUT2D eigenvalue weighted by Crippen LogP contribution is -2.39. The van der Waals surface area contributed by atoms with Gasteiger partial charge in [-0.3, -0.25) is 4.98 Å². The summed E-state index contributed by atoms with van der Waals surface area (Å²) in [5.41, 5.74) is 11.0. The van der Waals surface area contributed by atoms with Crippen LogP contribution in [0.4, 0.5) is 0 Å². The fourth-order valence-electron chi connectivity index (χ4n) is 3.90. The molecule has 0 spiro atoms. The van der Waals surface area contributed by atoms with E-state index < -0.39 is 0 Å². The van der Waals surface area contributed by atoms with E-state index in [0.717, 1.165) is 12.8 Å². The van der Waals surface area contributed by atoms with E-state index in [4.69, 9.17) is 5.73 Å². The second-order valence-corrected chi connectivity index (χ2v) is 6.24. The lowest BCUT2D eigenvalue weighted by molar-refractivity contribution is 0.425. The van der Waals surface area contributed by atoms with E-state index in [1.165, 1.54) is 29.7 Å². The molecule has 2 atom stereocenters. The van der Waals surface area contributed by atoms with Crippen molar-refractivity contribution in [1.29, 1.82) is 0 Å². The first-order chi connectivity index (χ1) is 9.81. The van der Waals surface area contributed by atoms with E-state index in [2.05, 4.69) is 41.4 Å². The fraction of sp³-hybridized carbons (Fsp3) is 0.389. The topological polar surface area (TPSA) is 38.9 Å². The molecule has 0 radical (unpaired) electrons. The monoisotopic (exact) mass is 264 g/mol. The van der Waals surface area contributed by atoms with E-state index in [1.807, 2.05) is 12.3 Å². The number of hydrogen-bond donors (Lipinski definition) is 1. The zero-order chi connectivity index (χ0) is 13.6. The van der Waals surface area contributed by atoms with Crippen molar-refractivity contribution in [3.05, 3.63) is 65.5 Å². The minimum absolute atomic E-state index is 0.195. The molecule has 20 heavy (non-hydrogen) atoms. The van der Waals surface area contributed by atoms with E-state index in [-0.39, 0.29) is 11.5 Å². The molecule has 2 nitrogen and oxygen atoms in total. The molecule has 102 valence electrons. The van der Waals surface area contributed by atoms with Gasteiger partial charge in [0.2, 0.25) is 0 Å². The summed E-state index contributed by atoms with van der Waals surface area (Å²) >= 11 is 0. The summed E-state index contributed by atoms with van der Waals surface area (Å²) in [6, 6.07) is 15.3. The van der Waals surface area contributed by atoms with Crippen molar-refractivity contribution in [3.63, 3.8) is 0 Å². The first kappa shape index (κ1) is 12.1. The quantitative estimate of drug-likeness (QED) is 0.924. The number of aryl methyl sites for hydroxylation is 1. The van der Waals surface area contributed by atoms with Gasteiger partial charge in [-0.15, -0.1) is 0 Å². The third-order valence-corrected chi connectivity index (χ3v) is 5.21. The Morgan fingerprint density at radius 3 is 2.65 bits per heavy atom.